The maximum absolute atomic E-state index is 5.32. The van der Waals surface area contributed by atoms with Gasteiger partial charge in [0.25, 0.3) is 0 Å². The van der Waals surface area contributed by atoms with E-state index >= 15 is 0 Å². The van der Waals surface area contributed by atoms with E-state index < -0.39 is 0 Å². The molecule has 64 valence electrons. The molecular formula is C9H17NO. The van der Waals surface area contributed by atoms with Crippen molar-refractivity contribution < 1.29 is 4.74 Å². The molecular weight excluding hydrogens is 138 g/mol. The topological polar surface area (TPSA) is 21.3 Å². The molecule has 1 rings (SSSR count). The van der Waals surface area contributed by atoms with Crippen molar-refractivity contribution in [1.29, 1.82) is 0 Å². The predicted molar refractivity (Wildman–Crippen MR) is 46.7 cm³/mol. The van der Waals surface area contributed by atoms with Gasteiger partial charge in [-0.05, 0) is 19.8 Å². The van der Waals surface area contributed by atoms with Crippen molar-refractivity contribution >= 4 is 0 Å². The zero-order valence-corrected chi connectivity index (χ0v) is 7.23. The minimum absolute atomic E-state index is 0.556. The summed E-state index contributed by atoms with van der Waals surface area (Å²) >= 11 is 0. The lowest BCUT2D eigenvalue weighted by molar-refractivity contribution is 0.0715. The number of ether oxygens (including phenoxy) is 1. The lowest BCUT2D eigenvalue weighted by Gasteiger charge is -2.23. The smallest absolute Gasteiger partial charge is 0.0619 e. The highest BCUT2D eigenvalue weighted by atomic mass is 16.5. The summed E-state index contributed by atoms with van der Waals surface area (Å²) in [6.45, 7) is 8.60. The zero-order valence-electron chi connectivity index (χ0n) is 7.23. The second kappa shape index (κ2) is 4.52. The fraction of sp³-hybridized carbons (Fsp3) is 0.778. The summed E-state index contributed by atoms with van der Waals surface area (Å²) in [5.41, 5.74) is 1.19. The molecule has 0 aromatic carbocycles. The van der Waals surface area contributed by atoms with Gasteiger partial charge < -0.3 is 10.1 Å². The van der Waals surface area contributed by atoms with Crippen molar-refractivity contribution in [2.24, 2.45) is 0 Å². The van der Waals surface area contributed by atoms with Crippen LogP contribution in [0.3, 0.4) is 0 Å². The van der Waals surface area contributed by atoms with Gasteiger partial charge in [-0.25, -0.2) is 0 Å². The van der Waals surface area contributed by atoms with Crippen LogP contribution in [0.2, 0.25) is 0 Å². The summed E-state index contributed by atoms with van der Waals surface area (Å²) in [7, 11) is 0. The fourth-order valence-corrected chi connectivity index (χ4v) is 1.22. The number of hydrogen-bond donors (Lipinski definition) is 1. The average molecular weight is 155 g/mol. The third-order valence-electron chi connectivity index (χ3n) is 1.85. The second-order valence-corrected chi connectivity index (χ2v) is 3.25. The van der Waals surface area contributed by atoms with Crippen LogP contribution < -0.4 is 5.32 Å². The summed E-state index contributed by atoms with van der Waals surface area (Å²) < 4.78 is 5.32. The maximum Gasteiger partial charge on any atom is 0.0619 e. The van der Waals surface area contributed by atoms with E-state index in [0.717, 1.165) is 19.8 Å². The van der Waals surface area contributed by atoms with E-state index in [0.29, 0.717) is 6.04 Å². The van der Waals surface area contributed by atoms with Crippen LogP contribution in [0.15, 0.2) is 12.2 Å². The molecule has 0 aromatic rings. The molecule has 1 heterocycles. The molecule has 0 amide bonds. The van der Waals surface area contributed by atoms with Gasteiger partial charge in [0.2, 0.25) is 0 Å². The molecule has 0 radical (unpaired) electrons. The molecule has 1 saturated heterocycles. The summed E-state index contributed by atoms with van der Waals surface area (Å²) in [6.07, 6.45) is 2.43. The Morgan fingerprint density at radius 3 is 3.09 bits per heavy atom. The van der Waals surface area contributed by atoms with Crippen molar-refractivity contribution in [2.45, 2.75) is 25.8 Å². The average Bonchev–Trinajstić information content (AvgIpc) is 2.03. The van der Waals surface area contributed by atoms with Crippen molar-refractivity contribution in [3.8, 4) is 0 Å². The Hall–Kier alpha value is -0.340. The van der Waals surface area contributed by atoms with E-state index in [1.807, 2.05) is 6.92 Å². The molecule has 0 bridgehead atoms. The first kappa shape index (κ1) is 8.75. The van der Waals surface area contributed by atoms with Crippen LogP contribution in [0.25, 0.3) is 0 Å². The third-order valence-corrected chi connectivity index (χ3v) is 1.85. The molecule has 1 N–H and O–H groups in total. The van der Waals surface area contributed by atoms with Crippen LogP contribution in [0.5, 0.6) is 0 Å². The molecule has 2 nitrogen and oxygen atoms in total. The monoisotopic (exact) mass is 155 g/mol. The molecule has 0 aromatic heterocycles. The third kappa shape index (κ3) is 3.54. The first-order valence-corrected chi connectivity index (χ1v) is 4.24. The largest absolute Gasteiger partial charge is 0.380 e. The Morgan fingerprint density at radius 1 is 1.73 bits per heavy atom. The van der Waals surface area contributed by atoms with Gasteiger partial charge in [-0.2, -0.15) is 0 Å². The second-order valence-electron chi connectivity index (χ2n) is 3.25. The molecule has 0 spiro atoms. The molecule has 1 fully saturated rings. The van der Waals surface area contributed by atoms with Crippen LogP contribution in [0.1, 0.15) is 19.8 Å². The highest BCUT2D eigenvalue weighted by molar-refractivity contribution is 4.91. The fourth-order valence-electron chi connectivity index (χ4n) is 1.22. The van der Waals surface area contributed by atoms with Crippen LogP contribution in [-0.2, 0) is 4.74 Å². The number of hydrogen-bond acceptors (Lipinski definition) is 2. The van der Waals surface area contributed by atoms with Gasteiger partial charge in [-0.15, -0.1) is 0 Å². The quantitative estimate of drug-likeness (QED) is 0.621. The molecule has 0 saturated carbocycles. The van der Waals surface area contributed by atoms with Crippen molar-refractivity contribution in [2.75, 3.05) is 19.8 Å². The van der Waals surface area contributed by atoms with Crippen LogP contribution in [0.4, 0.5) is 0 Å². The molecule has 0 aliphatic carbocycles. The van der Waals surface area contributed by atoms with E-state index in [9.17, 15) is 0 Å². The Morgan fingerprint density at radius 2 is 2.55 bits per heavy atom. The van der Waals surface area contributed by atoms with E-state index in [-0.39, 0.29) is 0 Å². The molecule has 2 heteroatoms. The van der Waals surface area contributed by atoms with E-state index in [4.69, 9.17) is 4.74 Å². The van der Waals surface area contributed by atoms with Gasteiger partial charge in [0.15, 0.2) is 0 Å². The van der Waals surface area contributed by atoms with Crippen LogP contribution >= 0.6 is 0 Å². The first-order chi connectivity index (χ1) is 5.29. The Bertz CT molecular complexity index is 128. The summed E-state index contributed by atoms with van der Waals surface area (Å²) in [6, 6.07) is 0.556. The first-order valence-electron chi connectivity index (χ1n) is 4.24. The van der Waals surface area contributed by atoms with E-state index in [1.54, 1.807) is 0 Å². The summed E-state index contributed by atoms with van der Waals surface area (Å²) in [4.78, 5) is 0. The Labute approximate surface area is 68.6 Å². The number of rotatable bonds is 3. The SMILES string of the molecule is C=C(C)CNC1CCCOC1. The van der Waals surface area contributed by atoms with Crippen molar-refractivity contribution in [3.05, 3.63) is 12.2 Å². The minimum Gasteiger partial charge on any atom is -0.380 e. The van der Waals surface area contributed by atoms with Crippen molar-refractivity contribution in [3.63, 3.8) is 0 Å². The Balaban J connectivity index is 2.09. The standard InChI is InChI=1S/C9H17NO/c1-8(2)6-10-9-4-3-5-11-7-9/h9-10H,1,3-7H2,2H3. The molecule has 1 aliphatic heterocycles. The summed E-state index contributed by atoms with van der Waals surface area (Å²) in [5, 5.41) is 3.40. The van der Waals surface area contributed by atoms with E-state index in [1.165, 1.54) is 18.4 Å². The van der Waals surface area contributed by atoms with Crippen molar-refractivity contribution in [1.82, 2.24) is 5.32 Å². The summed E-state index contributed by atoms with van der Waals surface area (Å²) in [5.74, 6) is 0. The highest BCUT2D eigenvalue weighted by Crippen LogP contribution is 2.05. The van der Waals surface area contributed by atoms with Gasteiger partial charge in [0, 0.05) is 19.2 Å². The molecule has 11 heavy (non-hydrogen) atoms. The van der Waals surface area contributed by atoms with Gasteiger partial charge in [-0.3, -0.25) is 0 Å². The van der Waals surface area contributed by atoms with E-state index in [2.05, 4.69) is 11.9 Å². The maximum atomic E-state index is 5.32. The minimum atomic E-state index is 0.556. The normalized spacial score (nSPS) is 25.0. The van der Waals surface area contributed by atoms with Gasteiger partial charge in [0.1, 0.15) is 0 Å². The molecule has 1 unspecified atom stereocenters. The van der Waals surface area contributed by atoms with Gasteiger partial charge in [0.05, 0.1) is 6.61 Å². The molecule has 1 atom stereocenters. The molecule has 1 aliphatic rings. The van der Waals surface area contributed by atoms with Crippen LogP contribution in [0, 0.1) is 0 Å². The Kier molecular flexibility index (Phi) is 3.60. The lowest BCUT2D eigenvalue weighted by atomic mass is 10.1. The van der Waals surface area contributed by atoms with Gasteiger partial charge >= 0.3 is 0 Å². The zero-order chi connectivity index (χ0) is 8.10. The number of nitrogens with one attached hydrogen (secondary N) is 1. The lowest BCUT2D eigenvalue weighted by Crippen LogP contribution is -2.37. The highest BCUT2D eigenvalue weighted by Gasteiger charge is 2.11. The van der Waals surface area contributed by atoms with Crippen LogP contribution in [-0.4, -0.2) is 25.8 Å². The predicted octanol–water partition coefficient (Wildman–Crippen LogP) is 1.33. The van der Waals surface area contributed by atoms with Gasteiger partial charge in [-0.1, -0.05) is 12.2 Å².